The highest BCUT2D eigenvalue weighted by atomic mass is 19.1. The number of rotatable bonds is 6. The summed E-state index contributed by atoms with van der Waals surface area (Å²) in [7, 11) is 2.15. The average Bonchev–Trinajstić information content (AvgIpc) is 3.05. The Kier molecular flexibility index (Phi) is 4.58. The van der Waals surface area contributed by atoms with Crippen LogP contribution in [0.5, 0.6) is 0 Å². The van der Waals surface area contributed by atoms with Crippen LogP contribution in [0.2, 0.25) is 0 Å². The number of nitrogens with two attached hydrogens (primary N) is 1. The maximum absolute atomic E-state index is 13.5. The number of halogens is 1. The van der Waals surface area contributed by atoms with Gasteiger partial charge in [-0.15, -0.1) is 0 Å². The maximum atomic E-state index is 13.5. The average molecular weight is 264 g/mol. The van der Waals surface area contributed by atoms with Gasteiger partial charge in [-0.25, -0.2) is 4.39 Å². The molecular formula is C16H25FN2. The minimum Gasteiger partial charge on any atom is -0.324 e. The quantitative estimate of drug-likeness (QED) is 0.855. The van der Waals surface area contributed by atoms with E-state index >= 15 is 0 Å². The highest BCUT2D eigenvalue weighted by molar-refractivity contribution is 5.25. The van der Waals surface area contributed by atoms with E-state index in [1.54, 1.807) is 19.1 Å². The zero-order valence-corrected chi connectivity index (χ0v) is 12.2. The molecule has 2 nitrogen and oxygen atoms in total. The van der Waals surface area contributed by atoms with Crippen LogP contribution in [-0.4, -0.2) is 25.0 Å². The Morgan fingerprint density at radius 2 is 2.16 bits per heavy atom. The molecule has 0 spiro atoms. The molecule has 3 unspecified atom stereocenters. The third-order valence-electron chi connectivity index (χ3n) is 4.27. The van der Waals surface area contributed by atoms with Gasteiger partial charge in [-0.2, -0.15) is 0 Å². The zero-order valence-electron chi connectivity index (χ0n) is 12.2. The first kappa shape index (κ1) is 14.5. The van der Waals surface area contributed by atoms with E-state index in [2.05, 4.69) is 18.9 Å². The van der Waals surface area contributed by atoms with Crippen LogP contribution in [-0.2, 0) is 0 Å². The molecule has 3 heteroatoms. The zero-order chi connectivity index (χ0) is 14.0. The molecule has 106 valence electrons. The molecule has 1 aromatic rings. The van der Waals surface area contributed by atoms with Gasteiger partial charge in [0.2, 0.25) is 0 Å². The molecule has 0 aliphatic heterocycles. The van der Waals surface area contributed by atoms with Crippen molar-refractivity contribution in [1.29, 1.82) is 0 Å². The molecule has 1 aromatic carbocycles. The summed E-state index contributed by atoms with van der Waals surface area (Å²) < 4.78 is 13.5. The monoisotopic (exact) mass is 264 g/mol. The highest BCUT2D eigenvalue weighted by Crippen LogP contribution is 2.38. The van der Waals surface area contributed by atoms with E-state index in [9.17, 15) is 4.39 Å². The molecule has 0 aromatic heterocycles. The maximum Gasteiger partial charge on any atom is 0.126 e. The van der Waals surface area contributed by atoms with E-state index in [0.717, 1.165) is 36.9 Å². The SMILES string of the molecule is Cc1ccc(C(N)CCN(C)CC2CC2C)cc1F. The van der Waals surface area contributed by atoms with Crippen LogP contribution < -0.4 is 5.73 Å². The van der Waals surface area contributed by atoms with Crippen LogP contribution in [0, 0.1) is 24.6 Å². The van der Waals surface area contributed by atoms with Crippen molar-refractivity contribution in [3.05, 3.63) is 35.1 Å². The Balaban J connectivity index is 1.79. The van der Waals surface area contributed by atoms with Crippen molar-refractivity contribution in [2.45, 2.75) is 32.7 Å². The largest absolute Gasteiger partial charge is 0.324 e. The molecule has 2 rings (SSSR count). The Morgan fingerprint density at radius 1 is 1.47 bits per heavy atom. The number of benzene rings is 1. The van der Waals surface area contributed by atoms with Gasteiger partial charge in [0, 0.05) is 12.6 Å². The summed E-state index contributed by atoms with van der Waals surface area (Å²) in [6.07, 6.45) is 2.24. The predicted molar refractivity (Wildman–Crippen MR) is 77.5 cm³/mol. The van der Waals surface area contributed by atoms with Gasteiger partial charge in [0.1, 0.15) is 5.82 Å². The molecule has 19 heavy (non-hydrogen) atoms. The van der Waals surface area contributed by atoms with Gasteiger partial charge in [0.15, 0.2) is 0 Å². The van der Waals surface area contributed by atoms with E-state index in [1.165, 1.54) is 6.42 Å². The standard InChI is InChI=1S/C16H25FN2/c1-11-4-5-13(9-15(11)17)16(18)6-7-19(3)10-14-8-12(14)2/h4-5,9,12,14,16H,6-8,10,18H2,1-3H3. The van der Waals surface area contributed by atoms with Gasteiger partial charge in [-0.1, -0.05) is 19.1 Å². The normalized spacial score (nSPS) is 23.7. The van der Waals surface area contributed by atoms with E-state index in [0.29, 0.717) is 5.56 Å². The molecule has 0 heterocycles. The molecule has 1 saturated carbocycles. The highest BCUT2D eigenvalue weighted by Gasteiger charge is 2.32. The van der Waals surface area contributed by atoms with Crippen LogP contribution >= 0.6 is 0 Å². The lowest BCUT2D eigenvalue weighted by Gasteiger charge is -2.19. The topological polar surface area (TPSA) is 29.3 Å². The molecule has 0 bridgehead atoms. The van der Waals surface area contributed by atoms with Crippen molar-refractivity contribution in [3.8, 4) is 0 Å². The van der Waals surface area contributed by atoms with Gasteiger partial charge in [0.05, 0.1) is 0 Å². The van der Waals surface area contributed by atoms with Crippen molar-refractivity contribution in [2.75, 3.05) is 20.1 Å². The summed E-state index contributed by atoms with van der Waals surface area (Å²) >= 11 is 0. The van der Waals surface area contributed by atoms with Gasteiger partial charge in [-0.3, -0.25) is 0 Å². The Bertz CT molecular complexity index is 433. The summed E-state index contributed by atoms with van der Waals surface area (Å²) in [6.45, 7) is 6.21. The van der Waals surface area contributed by atoms with Gasteiger partial charge < -0.3 is 10.6 Å². The summed E-state index contributed by atoms with van der Waals surface area (Å²) in [6, 6.07) is 5.24. The van der Waals surface area contributed by atoms with Gasteiger partial charge >= 0.3 is 0 Å². The lowest BCUT2D eigenvalue weighted by Crippen LogP contribution is -2.26. The smallest absolute Gasteiger partial charge is 0.126 e. The number of hydrogen-bond acceptors (Lipinski definition) is 2. The second-order valence-corrected chi connectivity index (χ2v) is 6.14. The number of nitrogens with zero attached hydrogens (tertiary/aromatic N) is 1. The minimum absolute atomic E-state index is 0.0748. The van der Waals surface area contributed by atoms with E-state index in [1.807, 2.05) is 6.07 Å². The lowest BCUT2D eigenvalue weighted by molar-refractivity contribution is 0.301. The third kappa shape index (κ3) is 4.02. The molecule has 3 atom stereocenters. The van der Waals surface area contributed by atoms with Crippen molar-refractivity contribution in [1.82, 2.24) is 4.90 Å². The molecule has 2 N–H and O–H groups in total. The van der Waals surface area contributed by atoms with Gasteiger partial charge in [-0.05, 0) is 62.4 Å². The number of aryl methyl sites for hydroxylation is 1. The van der Waals surface area contributed by atoms with Crippen molar-refractivity contribution in [2.24, 2.45) is 17.6 Å². The van der Waals surface area contributed by atoms with E-state index in [4.69, 9.17) is 5.73 Å². The fourth-order valence-electron chi connectivity index (χ4n) is 2.51. The van der Waals surface area contributed by atoms with Gasteiger partial charge in [0.25, 0.3) is 0 Å². The first-order valence-electron chi connectivity index (χ1n) is 7.17. The van der Waals surface area contributed by atoms with Crippen LogP contribution in [0.25, 0.3) is 0 Å². The first-order valence-corrected chi connectivity index (χ1v) is 7.17. The van der Waals surface area contributed by atoms with Crippen LogP contribution in [0.15, 0.2) is 18.2 Å². The summed E-state index contributed by atoms with van der Waals surface area (Å²) in [5, 5.41) is 0. The Labute approximate surface area is 115 Å². The first-order chi connectivity index (χ1) is 8.97. The molecule has 1 aliphatic carbocycles. The van der Waals surface area contributed by atoms with Crippen LogP contribution in [0.4, 0.5) is 4.39 Å². The summed E-state index contributed by atoms with van der Waals surface area (Å²) in [4.78, 5) is 2.35. The van der Waals surface area contributed by atoms with E-state index < -0.39 is 0 Å². The lowest BCUT2D eigenvalue weighted by atomic mass is 10.0. The third-order valence-corrected chi connectivity index (χ3v) is 4.27. The second-order valence-electron chi connectivity index (χ2n) is 6.14. The van der Waals surface area contributed by atoms with E-state index in [-0.39, 0.29) is 11.9 Å². The minimum atomic E-state index is -0.159. The molecule has 0 radical (unpaired) electrons. The Hall–Kier alpha value is -0.930. The molecule has 0 saturated heterocycles. The fourth-order valence-corrected chi connectivity index (χ4v) is 2.51. The molecule has 1 fully saturated rings. The van der Waals surface area contributed by atoms with Crippen LogP contribution in [0.3, 0.4) is 0 Å². The van der Waals surface area contributed by atoms with Crippen molar-refractivity contribution in [3.63, 3.8) is 0 Å². The summed E-state index contributed by atoms with van der Waals surface area (Å²) in [5.41, 5.74) is 7.72. The van der Waals surface area contributed by atoms with Crippen LogP contribution in [0.1, 0.15) is 36.9 Å². The van der Waals surface area contributed by atoms with Crippen molar-refractivity contribution < 1.29 is 4.39 Å². The molecule has 1 aliphatic rings. The second kappa shape index (κ2) is 6.02. The molecular weight excluding hydrogens is 239 g/mol. The fraction of sp³-hybridized carbons (Fsp3) is 0.625. The summed E-state index contributed by atoms with van der Waals surface area (Å²) in [5.74, 6) is 1.61. The number of hydrogen-bond donors (Lipinski definition) is 1. The van der Waals surface area contributed by atoms with Crippen molar-refractivity contribution >= 4 is 0 Å². The predicted octanol–water partition coefficient (Wildman–Crippen LogP) is 3.11. The molecule has 0 amide bonds. The Morgan fingerprint density at radius 3 is 2.74 bits per heavy atom.